The van der Waals surface area contributed by atoms with Crippen LogP contribution in [0.2, 0.25) is 0 Å². The summed E-state index contributed by atoms with van der Waals surface area (Å²) in [5.41, 5.74) is 8.33. The number of aromatic nitrogens is 2. The molecule has 0 radical (unpaired) electrons. The number of fused-ring (bicyclic) bond motifs is 1. The molecular formula is C15H21N3. The molecule has 3 nitrogen and oxygen atoms in total. The highest BCUT2D eigenvalue weighted by molar-refractivity contribution is 5.76. The van der Waals surface area contributed by atoms with Crippen LogP contribution in [0.3, 0.4) is 0 Å². The fourth-order valence-electron chi connectivity index (χ4n) is 3.39. The van der Waals surface area contributed by atoms with Crippen molar-refractivity contribution in [1.29, 1.82) is 0 Å². The Morgan fingerprint density at radius 2 is 2.06 bits per heavy atom. The monoisotopic (exact) mass is 243 g/mol. The molecule has 0 bridgehead atoms. The molecule has 0 aliphatic heterocycles. The molecule has 96 valence electrons. The first kappa shape index (κ1) is 11.7. The van der Waals surface area contributed by atoms with Crippen LogP contribution in [0.15, 0.2) is 24.3 Å². The molecule has 0 amide bonds. The highest BCUT2D eigenvalue weighted by Gasteiger charge is 2.27. The van der Waals surface area contributed by atoms with Gasteiger partial charge >= 0.3 is 0 Å². The number of nitrogens with zero attached hydrogens (tertiary/aromatic N) is 2. The van der Waals surface area contributed by atoms with Crippen LogP contribution in [0.25, 0.3) is 11.0 Å². The van der Waals surface area contributed by atoms with Crippen molar-refractivity contribution >= 4 is 11.0 Å². The minimum absolute atomic E-state index is 0.538. The third kappa shape index (κ3) is 1.83. The van der Waals surface area contributed by atoms with Crippen LogP contribution >= 0.6 is 0 Å². The van der Waals surface area contributed by atoms with Gasteiger partial charge < -0.3 is 10.3 Å². The third-order valence-electron chi connectivity index (χ3n) is 4.28. The Morgan fingerprint density at radius 3 is 2.89 bits per heavy atom. The molecular weight excluding hydrogens is 222 g/mol. The second-order valence-corrected chi connectivity index (χ2v) is 5.37. The summed E-state index contributed by atoms with van der Waals surface area (Å²) in [5.74, 6) is 1.73. The number of aryl methyl sites for hydroxylation is 1. The van der Waals surface area contributed by atoms with Gasteiger partial charge in [0.1, 0.15) is 5.82 Å². The van der Waals surface area contributed by atoms with Crippen molar-refractivity contribution in [3.63, 3.8) is 0 Å². The summed E-state index contributed by atoms with van der Waals surface area (Å²) in [6.07, 6.45) is 5.13. The number of nitrogens with two attached hydrogens (primary N) is 1. The molecule has 1 aliphatic rings. The summed E-state index contributed by atoms with van der Waals surface area (Å²) in [7, 11) is 0. The maximum absolute atomic E-state index is 5.96. The van der Waals surface area contributed by atoms with Crippen molar-refractivity contribution in [2.45, 2.75) is 38.6 Å². The second-order valence-electron chi connectivity index (χ2n) is 5.37. The largest absolute Gasteiger partial charge is 0.330 e. The summed E-state index contributed by atoms with van der Waals surface area (Å²) >= 11 is 0. The lowest BCUT2D eigenvalue weighted by molar-refractivity contribution is 0.246. The van der Waals surface area contributed by atoms with Crippen LogP contribution in [0.4, 0.5) is 0 Å². The Hall–Kier alpha value is -1.35. The van der Waals surface area contributed by atoms with E-state index in [2.05, 4.69) is 40.7 Å². The molecule has 1 aliphatic carbocycles. The average molecular weight is 243 g/mol. The van der Waals surface area contributed by atoms with Gasteiger partial charge in [-0.3, -0.25) is 0 Å². The van der Waals surface area contributed by atoms with E-state index in [-0.39, 0.29) is 0 Å². The summed E-state index contributed by atoms with van der Waals surface area (Å²) < 4.78 is 2.42. The van der Waals surface area contributed by atoms with Gasteiger partial charge in [0.15, 0.2) is 0 Å². The quantitative estimate of drug-likeness (QED) is 0.881. The lowest BCUT2D eigenvalue weighted by Gasteiger charge is -2.33. The van der Waals surface area contributed by atoms with Gasteiger partial charge in [-0.2, -0.15) is 0 Å². The lowest BCUT2D eigenvalue weighted by Crippen LogP contribution is -2.29. The molecule has 2 atom stereocenters. The van der Waals surface area contributed by atoms with Gasteiger partial charge in [0.25, 0.3) is 0 Å². The van der Waals surface area contributed by atoms with E-state index in [4.69, 9.17) is 5.73 Å². The molecule has 1 aromatic carbocycles. The van der Waals surface area contributed by atoms with E-state index >= 15 is 0 Å². The van der Waals surface area contributed by atoms with E-state index in [1.165, 1.54) is 31.2 Å². The van der Waals surface area contributed by atoms with Gasteiger partial charge in [-0.25, -0.2) is 4.98 Å². The molecule has 1 heterocycles. The number of benzene rings is 1. The molecule has 0 spiro atoms. The van der Waals surface area contributed by atoms with E-state index in [1.54, 1.807) is 0 Å². The van der Waals surface area contributed by atoms with Crippen LogP contribution in [-0.4, -0.2) is 16.1 Å². The maximum atomic E-state index is 5.96. The van der Waals surface area contributed by atoms with E-state index in [1.807, 2.05) is 0 Å². The van der Waals surface area contributed by atoms with E-state index in [0.29, 0.717) is 12.0 Å². The molecule has 1 aromatic heterocycles. The van der Waals surface area contributed by atoms with Crippen molar-refractivity contribution in [2.75, 3.05) is 6.54 Å². The predicted octanol–water partition coefficient (Wildman–Crippen LogP) is 3.03. The summed E-state index contributed by atoms with van der Waals surface area (Å²) in [5, 5.41) is 0. The third-order valence-corrected chi connectivity index (χ3v) is 4.28. The number of para-hydroxylation sites is 2. The van der Waals surface area contributed by atoms with Crippen molar-refractivity contribution < 1.29 is 0 Å². The fourth-order valence-corrected chi connectivity index (χ4v) is 3.39. The Bertz CT molecular complexity index is 544. The van der Waals surface area contributed by atoms with Crippen molar-refractivity contribution in [3.05, 3.63) is 30.1 Å². The molecule has 3 rings (SSSR count). The van der Waals surface area contributed by atoms with Crippen LogP contribution in [0, 0.1) is 12.8 Å². The van der Waals surface area contributed by atoms with Crippen LogP contribution < -0.4 is 5.73 Å². The average Bonchev–Trinajstić information content (AvgIpc) is 2.74. The van der Waals surface area contributed by atoms with E-state index < -0.39 is 0 Å². The normalized spacial score (nSPS) is 24.6. The topological polar surface area (TPSA) is 43.8 Å². The molecule has 1 fully saturated rings. The summed E-state index contributed by atoms with van der Waals surface area (Å²) in [4.78, 5) is 4.68. The summed E-state index contributed by atoms with van der Waals surface area (Å²) in [6.45, 7) is 2.90. The zero-order valence-electron chi connectivity index (χ0n) is 11.0. The van der Waals surface area contributed by atoms with Crippen molar-refractivity contribution in [2.24, 2.45) is 11.7 Å². The Balaban J connectivity index is 2.09. The van der Waals surface area contributed by atoms with Gasteiger partial charge in [0.2, 0.25) is 0 Å². The smallest absolute Gasteiger partial charge is 0.106 e. The van der Waals surface area contributed by atoms with Crippen LogP contribution in [0.1, 0.15) is 37.5 Å². The van der Waals surface area contributed by atoms with Gasteiger partial charge in [-0.15, -0.1) is 0 Å². The SMILES string of the molecule is Cc1nc2ccccc2n1C1CCCCC1CN. The van der Waals surface area contributed by atoms with Gasteiger partial charge in [-0.05, 0) is 44.4 Å². The standard InChI is InChI=1S/C15H21N3/c1-11-17-13-7-3-5-9-15(13)18(11)14-8-4-2-6-12(14)10-16/h3,5,7,9,12,14H,2,4,6,8,10,16H2,1H3. The second kappa shape index (κ2) is 4.73. The Morgan fingerprint density at radius 1 is 1.28 bits per heavy atom. The van der Waals surface area contributed by atoms with Gasteiger partial charge in [0, 0.05) is 6.04 Å². The molecule has 3 heteroatoms. The molecule has 2 unspecified atom stereocenters. The highest BCUT2D eigenvalue weighted by Crippen LogP contribution is 2.36. The minimum Gasteiger partial charge on any atom is -0.330 e. The molecule has 2 N–H and O–H groups in total. The first-order valence-electron chi connectivity index (χ1n) is 6.95. The number of imidazole rings is 1. The van der Waals surface area contributed by atoms with E-state index in [0.717, 1.165) is 17.9 Å². The van der Waals surface area contributed by atoms with Crippen molar-refractivity contribution in [1.82, 2.24) is 9.55 Å². The molecule has 18 heavy (non-hydrogen) atoms. The highest BCUT2D eigenvalue weighted by atomic mass is 15.1. The molecule has 2 aromatic rings. The Kier molecular flexibility index (Phi) is 3.08. The number of hydrogen-bond donors (Lipinski definition) is 1. The number of hydrogen-bond acceptors (Lipinski definition) is 2. The maximum Gasteiger partial charge on any atom is 0.106 e. The van der Waals surface area contributed by atoms with Crippen LogP contribution in [0.5, 0.6) is 0 Å². The molecule has 0 saturated heterocycles. The van der Waals surface area contributed by atoms with Gasteiger partial charge in [0.05, 0.1) is 11.0 Å². The molecule has 1 saturated carbocycles. The number of rotatable bonds is 2. The van der Waals surface area contributed by atoms with Gasteiger partial charge in [-0.1, -0.05) is 25.0 Å². The first-order valence-corrected chi connectivity index (χ1v) is 6.95. The zero-order chi connectivity index (χ0) is 12.5. The fraction of sp³-hybridized carbons (Fsp3) is 0.533. The van der Waals surface area contributed by atoms with Crippen molar-refractivity contribution in [3.8, 4) is 0 Å². The minimum atomic E-state index is 0.538. The lowest BCUT2D eigenvalue weighted by atomic mass is 9.84. The summed E-state index contributed by atoms with van der Waals surface area (Å²) in [6, 6.07) is 8.97. The first-order chi connectivity index (χ1) is 8.81. The zero-order valence-corrected chi connectivity index (χ0v) is 11.0. The van der Waals surface area contributed by atoms with E-state index in [9.17, 15) is 0 Å². The van der Waals surface area contributed by atoms with Crippen LogP contribution in [-0.2, 0) is 0 Å². The Labute approximate surface area is 108 Å². The predicted molar refractivity (Wildman–Crippen MR) is 74.5 cm³/mol.